The minimum Gasteiger partial charge on any atom is -0.373 e. The van der Waals surface area contributed by atoms with Gasteiger partial charge >= 0.3 is 0 Å². The first-order valence-corrected chi connectivity index (χ1v) is 8.65. The number of nitrogens with one attached hydrogen (secondary N) is 2. The molecular weight excluding hydrogens is 272 g/mol. The predicted molar refractivity (Wildman–Crippen MR) is 74.0 cm³/mol. The maximum absolute atomic E-state index is 11.4. The molecule has 0 aliphatic carbocycles. The molecule has 6 nitrogen and oxygen atoms in total. The zero-order chi connectivity index (χ0) is 13.2. The summed E-state index contributed by atoms with van der Waals surface area (Å²) in [6, 6.07) is 1.73. The zero-order valence-corrected chi connectivity index (χ0v) is 11.9. The lowest BCUT2D eigenvalue weighted by Crippen LogP contribution is -2.21. The third kappa shape index (κ3) is 3.26. The van der Waals surface area contributed by atoms with Crippen molar-refractivity contribution in [3.63, 3.8) is 0 Å². The Morgan fingerprint density at radius 2 is 2.11 bits per heavy atom. The highest BCUT2D eigenvalue weighted by atomic mass is 32.2. The van der Waals surface area contributed by atoms with Gasteiger partial charge in [-0.25, -0.2) is 18.4 Å². The third-order valence-corrected chi connectivity index (χ3v) is 5.04. The van der Waals surface area contributed by atoms with Crippen molar-refractivity contribution in [1.82, 2.24) is 9.97 Å². The highest BCUT2D eigenvalue weighted by Crippen LogP contribution is 2.20. The Bertz CT molecular complexity index is 510. The Labute approximate surface area is 111 Å². The number of nitrogens with zero attached hydrogens (tertiary/aromatic N) is 2. The van der Waals surface area contributed by atoms with Gasteiger partial charge < -0.3 is 10.6 Å². The molecule has 1 aromatic rings. The van der Waals surface area contributed by atoms with Crippen molar-refractivity contribution in [2.45, 2.75) is 17.6 Å². The van der Waals surface area contributed by atoms with E-state index < -0.39 is 9.84 Å². The average molecular weight is 288 g/mol. The van der Waals surface area contributed by atoms with E-state index in [1.54, 1.807) is 13.1 Å². The Kier molecular flexibility index (Phi) is 3.96. The predicted octanol–water partition coefficient (Wildman–Crippen LogP) is 0.839. The first kappa shape index (κ1) is 13.4. The van der Waals surface area contributed by atoms with Crippen molar-refractivity contribution in [2.75, 3.05) is 35.4 Å². The fraction of sp³-hybridized carbons (Fsp3) is 0.600. The maximum atomic E-state index is 11.4. The minimum absolute atomic E-state index is 0.0516. The average Bonchev–Trinajstić information content (AvgIpc) is 2.68. The molecule has 1 aromatic heterocycles. The van der Waals surface area contributed by atoms with Crippen molar-refractivity contribution in [3.8, 4) is 0 Å². The van der Waals surface area contributed by atoms with Crippen LogP contribution in [0.25, 0.3) is 0 Å². The van der Waals surface area contributed by atoms with Gasteiger partial charge in [0.1, 0.15) is 11.6 Å². The summed E-state index contributed by atoms with van der Waals surface area (Å²) < 4.78 is 22.8. The second-order valence-electron chi connectivity index (χ2n) is 4.12. The van der Waals surface area contributed by atoms with Crippen LogP contribution in [0.4, 0.5) is 11.6 Å². The van der Waals surface area contributed by atoms with Gasteiger partial charge in [-0.05, 0) is 12.7 Å². The molecule has 0 spiro atoms. The normalized spacial score (nSPS) is 21.8. The molecule has 1 atom stereocenters. The van der Waals surface area contributed by atoms with E-state index in [1.807, 2.05) is 6.26 Å². The lowest BCUT2D eigenvalue weighted by molar-refractivity contribution is 0.602. The van der Waals surface area contributed by atoms with Crippen molar-refractivity contribution in [2.24, 2.45) is 0 Å². The second kappa shape index (κ2) is 5.31. The number of hydrogen-bond acceptors (Lipinski definition) is 7. The van der Waals surface area contributed by atoms with Crippen molar-refractivity contribution in [3.05, 3.63) is 6.07 Å². The van der Waals surface area contributed by atoms with E-state index in [9.17, 15) is 8.42 Å². The molecular formula is C10H16N4O2S2. The molecule has 0 amide bonds. The van der Waals surface area contributed by atoms with Gasteiger partial charge in [0.15, 0.2) is 15.0 Å². The van der Waals surface area contributed by atoms with Gasteiger partial charge in [-0.1, -0.05) is 11.8 Å². The summed E-state index contributed by atoms with van der Waals surface area (Å²) in [6.45, 7) is 0. The minimum atomic E-state index is -2.87. The number of hydrogen-bond donors (Lipinski definition) is 2. The van der Waals surface area contributed by atoms with Crippen LogP contribution >= 0.6 is 11.8 Å². The molecule has 1 saturated heterocycles. The smallest absolute Gasteiger partial charge is 0.191 e. The summed E-state index contributed by atoms with van der Waals surface area (Å²) in [5.41, 5.74) is 0. The van der Waals surface area contributed by atoms with Crippen LogP contribution in [0, 0.1) is 0 Å². The molecule has 1 aliphatic heterocycles. The van der Waals surface area contributed by atoms with E-state index >= 15 is 0 Å². The van der Waals surface area contributed by atoms with Crippen molar-refractivity contribution in [1.29, 1.82) is 0 Å². The molecule has 0 aromatic carbocycles. The van der Waals surface area contributed by atoms with Crippen LogP contribution in [0.2, 0.25) is 0 Å². The monoisotopic (exact) mass is 288 g/mol. The highest BCUT2D eigenvalue weighted by Gasteiger charge is 2.28. The molecule has 2 rings (SSSR count). The molecule has 18 heavy (non-hydrogen) atoms. The van der Waals surface area contributed by atoms with Gasteiger partial charge in [-0.3, -0.25) is 0 Å². The lowest BCUT2D eigenvalue weighted by Gasteiger charge is -2.13. The van der Waals surface area contributed by atoms with Crippen molar-refractivity contribution >= 4 is 33.2 Å². The largest absolute Gasteiger partial charge is 0.373 e. The van der Waals surface area contributed by atoms with Crippen LogP contribution in [0.3, 0.4) is 0 Å². The molecule has 0 bridgehead atoms. The summed E-state index contributed by atoms with van der Waals surface area (Å²) in [4.78, 5) is 8.57. The Morgan fingerprint density at radius 1 is 1.39 bits per heavy atom. The summed E-state index contributed by atoms with van der Waals surface area (Å²) >= 11 is 1.45. The summed E-state index contributed by atoms with van der Waals surface area (Å²) in [5, 5.41) is 6.78. The zero-order valence-electron chi connectivity index (χ0n) is 10.3. The van der Waals surface area contributed by atoms with E-state index in [1.165, 1.54) is 11.8 Å². The topological polar surface area (TPSA) is 84.0 Å². The highest BCUT2D eigenvalue weighted by molar-refractivity contribution is 7.98. The van der Waals surface area contributed by atoms with Gasteiger partial charge in [0.05, 0.1) is 11.5 Å². The molecule has 0 saturated carbocycles. The maximum Gasteiger partial charge on any atom is 0.191 e. The van der Waals surface area contributed by atoms with Crippen molar-refractivity contribution < 1.29 is 8.42 Å². The molecule has 1 aliphatic rings. The SMILES string of the molecule is CNc1cc(NC2CCS(=O)(=O)C2)nc(SC)n1. The van der Waals surface area contributed by atoms with E-state index in [4.69, 9.17) is 0 Å². The summed E-state index contributed by atoms with van der Waals surface area (Å²) in [5.74, 6) is 1.82. The van der Waals surface area contributed by atoms with Crippen LogP contribution in [0.15, 0.2) is 11.2 Å². The first-order chi connectivity index (χ1) is 8.52. The van der Waals surface area contributed by atoms with E-state index in [0.29, 0.717) is 17.4 Å². The molecule has 100 valence electrons. The molecule has 0 radical (unpaired) electrons. The van der Waals surface area contributed by atoms with E-state index in [-0.39, 0.29) is 17.5 Å². The third-order valence-electron chi connectivity index (χ3n) is 2.73. The second-order valence-corrected chi connectivity index (χ2v) is 7.12. The Balaban J connectivity index is 2.14. The Hall–Kier alpha value is -1.02. The van der Waals surface area contributed by atoms with Crippen LogP contribution in [-0.2, 0) is 9.84 Å². The fourth-order valence-electron chi connectivity index (χ4n) is 1.84. The number of sulfone groups is 1. The van der Waals surface area contributed by atoms with E-state index in [2.05, 4.69) is 20.6 Å². The Morgan fingerprint density at radius 3 is 2.67 bits per heavy atom. The number of rotatable bonds is 4. The quantitative estimate of drug-likeness (QED) is 0.627. The first-order valence-electron chi connectivity index (χ1n) is 5.60. The standard InChI is InChI=1S/C10H16N4O2S2/c1-11-8-5-9(14-10(13-8)17-2)12-7-3-4-18(15,16)6-7/h5,7H,3-4,6H2,1-2H3,(H2,11,12,13,14). The molecule has 1 fully saturated rings. The number of anilines is 2. The van der Waals surface area contributed by atoms with Gasteiger partial charge in [0.25, 0.3) is 0 Å². The fourth-order valence-corrected chi connectivity index (χ4v) is 3.89. The number of thioether (sulfide) groups is 1. The molecule has 2 heterocycles. The van der Waals surface area contributed by atoms with Crippen LogP contribution in [0.5, 0.6) is 0 Å². The van der Waals surface area contributed by atoms with Crippen LogP contribution in [0.1, 0.15) is 6.42 Å². The van der Waals surface area contributed by atoms with Gasteiger partial charge in [-0.15, -0.1) is 0 Å². The van der Waals surface area contributed by atoms with Gasteiger partial charge in [0, 0.05) is 19.2 Å². The van der Waals surface area contributed by atoms with Gasteiger partial charge in [-0.2, -0.15) is 0 Å². The molecule has 1 unspecified atom stereocenters. The summed E-state index contributed by atoms with van der Waals surface area (Å²) in [7, 11) is -1.09. The summed E-state index contributed by atoms with van der Waals surface area (Å²) in [6.07, 6.45) is 2.54. The van der Waals surface area contributed by atoms with E-state index in [0.717, 1.165) is 5.82 Å². The van der Waals surface area contributed by atoms with Crippen LogP contribution < -0.4 is 10.6 Å². The lowest BCUT2D eigenvalue weighted by atomic mass is 10.2. The molecule has 2 N–H and O–H groups in total. The number of aromatic nitrogens is 2. The van der Waals surface area contributed by atoms with Gasteiger partial charge in [0.2, 0.25) is 0 Å². The molecule has 8 heteroatoms. The van der Waals surface area contributed by atoms with Crippen LogP contribution in [-0.4, -0.2) is 49.2 Å².